The van der Waals surface area contributed by atoms with Gasteiger partial charge in [0.25, 0.3) is 0 Å². The molecule has 0 amide bonds. The number of nitrogens with zero attached hydrogens (tertiary/aromatic N) is 3. The predicted octanol–water partition coefficient (Wildman–Crippen LogP) is 2.19. The summed E-state index contributed by atoms with van der Waals surface area (Å²) in [6, 6.07) is 3.95. The van der Waals surface area contributed by atoms with Crippen molar-refractivity contribution in [2.75, 3.05) is 20.7 Å². The Labute approximate surface area is 139 Å². The largest absolute Gasteiger partial charge is 0.377 e. The number of nitrogens with one attached hydrogen (secondary N) is 2. The molecule has 7 heteroatoms. The van der Waals surface area contributed by atoms with Gasteiger partial charge < -0.3 is 19.8 Å². The Morgan fingerprint density at radius 2 is 2.14 bits per heavy atom. The topological polar surface area (TPSA) is 63.0 Å². The summed E-state index contributed by atoms with van der Waals surface area (Å²) >= 11 is 3.46. The molecule has 0 unspecified atom stereocenters. The van der Waals surface area contributed by atoms with Gasteiger partial charge in [-0.05, 0) is 41.9 Å². The van der Waals surface area contributed by atoms with Crippen LogP contribution in [0.4, 0.5) is 0 Å². The second kappa shape index (κ2) is 7.11. The molecule has 0 aliphatic carbocycles. The molecule has 2 rings (SSSR count). The number of aliphatic imine (C=N–C) groups is 1. The number of aromatic nitrogens is 2. The zero-order valence-electron chi connectivity index (χ0n) is 13.4. The number of fused-ring (bicyclic) bond motifs is 1. The van der Waals surface area contributed by atoms with Crippen molar-refractivity contribution >= 4 is 27.5 Å². The Morgan fingerprint density at radius 1 is 1.36 bits per heavy atom. The van der Waals surface area contributed by atoms with E-state index < -0.39 is 0 Å². The van der Waals surface area contributed by atoms with Crippen LogP contribution in [-0.2, 0) is 11.3 Å². The van der Waals surface area contributed by atoms with Gasteiger partial charge in [-0.2, -0.15) is 0 Å². The zero-order chi connectivity index (χ0) is 16.2. The fourth-order valence-corrected chi connectivity index (χ4v) is 2.22. The zero-order valence-corrected chi connectivity index (χ0v) is 14.9. The normalized spacial score (nSPS) is 12.7. The molecule has 2 N–H and O–H groups in total. The Hall–Kier alpha value is -1.60. The van der Waals surface area contributed by atoms with Gasteiger partial charge in [0, 0.05) is 37.6 Å². The lowest BCUT2D eigenvalue weighted by molar-refractivity contribution is 0.0268. The number of rotatable bonds is 5. The number of ether oxygens (including phenoxy) is 1. The van der Waals surface area contributed by atoms with Crippen LogP contribution in [0.2, 0.25) is 0 Å². The lowest BCUT2D eigenvalue weighted by Gasteiger charge is -2.24. The van der Waals surface area contributed by atoms with Gasteiger partial charge in [-0.3, -0.25) is 4.99 Å². The highest BCUT2D eigenvalue weighted by molar-refractivity contribution is 9.10. The Morgan fingerprint density at radius 3 is 2.82 bits per heavy atom. The minimum Gasteiger partial charge on any atom is -0.377 e. The lowest BCUT2D eigenvalue weighted by Crippen LogP contribution is -2.45. The predicted molar refractivity (Wildman–Crippen MR) is 92.2 cm³/mol. The van der Waals surface area contributed by atoms with Gasteiger partial charge in [-0.15, -0.1) is 0 Å². The van der Waals surface area contributed by atoms with Crippen molar-refractivity contribution in [2.45, 2.75) is 26.0 Å². The molecule has 6 nitrogen and oxygen atoms in total. The summed E-state index contributed by atoms with van der Waals surface area (Å²) in [5.41, 5.74) is 1.63. The first-order chi connectivity index (χ1) is 10.4. The molecule has 0 aliphatic heterocycles. The second-order valence-corrected chi connectivity index (χ2v) is 6.50. The van der Waals surface area contributed by atoms with Gasteiger partial charge in [0.05, 0.1) is 17.8 Å². The third-order valence-corrected chi connectivity index (χ3v) is 3.83. The third kappa shape index (κ3) is 4.45. The molecule has 0 saturated heterocycles. The van der Waals surface area contributed by atoms with Gasteiger partial charge in [-0.1, -0.05) is 0 Å². The number of guanidine groups is 1. The minimum atomic E-state index is -0.243. The molecule has 120 valence electrons. The minimum absolute atomic E-state index is 0.243. The van der Waals surface area contributed by atoms with E-state index in [1.807, 2.05) is 42.8 Å². The Bertz CT molecular complexity index is 665. The van der Waals surface area contributed by atoms with E-state index in [1.165, 1.54) is 0 Å². The lowest BCUT2D eigenvalue weighted by atomic mass is 10.1. The highest BCUT2D eigenvalue weighted by Gasteiger charge is 2.16. The van der Waals surface area contributed by atoms with Crippen LogP contribution in [0, 0.1) is 0 Å². The van der Waals surface area contributed by atoms with Gasteiger partial charge in [0.1, 0.15) is 5.65 Å². The molecular weight excluding hydrogens is 346 g/mol. The van der Waals surface area contributed by atoms with Crippen LogP contribution in [-0.4, -0.2) is 41.6 Å². The molecule has 0 atom stereocenters. The van der Waals surface area contributed by atoms with Gasteiger partial charge >= 0.3 is 0 Å². The van der Waals surface area contributed by atoms with Gasteiger partial charge in [0.2, 0.25) is 0 Å². The highest BCUT2D eigenvalue weighted by Crippen LogP contribution is 2.12. The van der Waals surface area contributed by atoms with E-state index in [2.05, 4.69) is 36.5 Å². The van der Waals surface area contributed by atoms with Crippen molar-refractivity contribution in [1.82, 2.24) is 20.0 Å². The van der Waals surface area contributed by atoms with Crippen LogP contribution in [0.3, 0.4) is 0 Å². The average Bonchev–Trinajstić information content (AvgIpc) is 2.89. The average molecular weight is 368 g/mol. The van der Waals surface area contributed by atoms with Crippen LogP contribution in [0.1, 0.15) is 19.5 Å². The second-order valence-electron chi connectivity index (χ2n) is 5.59. The van der Waals surface area contributed by atoms with Crippen LogP contribution >= 0.6 is 15.9 Å². The first kappa shape index (κ1) is 16.8. The van der Waals surface area contributed by atoms with Crippen molar-refractivity contribution in [1.29, 1.82) is 0 Å². The first-order valence-corrected chi connectivity index (χ1v) is 7.85. The standard InChI is InChI=1S/C15H22BrN5O/c1-15(2,22-4)10-19-14(17-3)18-7-12-9-21-8-11(16)5-6-13(21)20-12/h5-6,8-9H,7,10H2,1-4H3,(H2,17,18,19). The number of pyridine rings is 1. The number of hydrogen-bond acceptors (Lipinski definition) is 3. The Balaban J connectivity index is 1.94. The highest BCUT2D eigenvalue weighted by atomic mass is 79.9. The maximum atomic E-state index is 5.38. The van der Waals surface area contributed by atoms with E-state index in [0.29, 0.717) is 13.1 Å². The molecule has 0 spiro atoms. The molecular formula is C15H22BrN5O. The van der Waals surface area contributed by atoms with Crippen LogP contribution in [0.5, 0.6) is 0 Å². The number of halogens is 1. The summed E-state index contributed by atoms with van der Waals surface area (Å²) in [4.78, 5) is 8.76. The van der Waals surface area contributed by atoms with Crippen LogP contribution in [0.25, 0.3) is 5.65 Å². The van der Waals surface area contributed by atoms with Crippen molar-refractivity contribution in [2.24, 2.45) is 4.99 Å². The van der Waals surface area contributed by atoms with E-state index in [9.17, 15) is 0 Å². The monoisotopic (exact) mass is 367 g/mol. The number of hydrogen-bond donors (Lipinski definition) is 2. The molecule has 2 aromatic rings. The fourth-order valence-electron chi connectivity index (χ4n) is 1.87. The summed E-state index contributed by atoms with van der Waals surface area (Å²) in [5.74, 6) is 0.725. The summed E-state index contributed by atoms with van der Waals surface area (Å²) < 4.78 is 8.40. The SMILES string of the molecule is CN=C(NCc1cn2cc(Br)ccc2n1)NCC(C)(C)OC. The number of methoxy groups -OCH3 is 1. The van der Waals surface area contributed by atoms with Gasteiger partial charge in [0.15, 0.2) is 5.96 Å². The maximum absolute atomic E-state index is 5.38. The number of imidazole rings is 1. The smallest absolute Gasteiger partial charge is 0.191 e. The summed E-state index contributed by atoms with van der Waals surface area (Å²) in [5, 5.41) is 6.50. The summed E-state index contributed by atoms with van der Waals surface area (Å²) in [6.07, 6.45) is 3.99. The molecule has 0 aliphatic rings. The van der Waals surface area contributed by atoms with Crippen molar-refractivity contribution in [3.8, 4) is 0 Å². The van der Waals surface area contributed by atoms with Crippen molar-refractivity contribution in [3.05, 3.63) is 34.7 Å². The first-order valence-electron chi connectivity index (χ1n) is 7.06. The maximum Gasteiger partial charge on any atom is 0.191 e. The van der Waals surface area contributed by atoms with Crippen molar-refractivity contribution in [3.63, 3.8) is 0 Å². The molecule has 0 fully saturated rings. The molecule has 2 heterocycles. The molecule has 0 saturated carbocycles. The van der Waals surface area contributed by atoms with Crippen LogP contribution in [0.15, 0.2) is 34.0 Å². The summed E-state index contributed by atoms with van der Waals surface area (Å²) in [6.45, 7) is 5.31. The van der Waals surface area contributed by atoms with Crippen LogP contribution < -0.4 is 10.6 Å². The quantitative estimate of drug-likeness (QED) is 0.627. The molecule has 2 aromatic heterocycles. The van der Waals surface area contributed by atoms with Crippen molar-refractivity contribution < 1.29 is 4.74 Å². The fraction of sp³-hybridized carbons (Fsp3) is 0.467. The molecule has 0 radical (unpaired) electrons. The third-order valence-electron chi connectivity index (χ3n) is 3.36. The van der Waals surface area contributed by atoms with Gasteiger partial charge in [-0.25, -0.2) is 4.98 Å². The summed E-state index contributed by atoms with van der Waals surface area (Å²) in [7, 11) is 3.45. The molecule has 22 heavy (non-hydrogen) atoms. The van der Waals surface area contributed by atoms with E-state index in [4.69, 9.17) is 4.74 Å². The van der Waals surface area contributed by atoms with E-state index in [-0.39, 0.29) is 5.60 Å². The van der Waals surface area contributed by atoms with E-state index in [0.717, 1.165) is 21.8 Å². The van der Waals surface area contributed by atoms with E-state index >= 15 is 0 Å². The molecule has 0 aromatic carbocycles. The molecule has 0 bridgehead atoms. The van der Waals surface area contributed by atoms with E-state index in [1.54, 1.807) is 14.2 Å². The Kier molecular flexibility index (Phi) is 5.42.